The second-order valence-electron chi connectivity index (χ2n) is 6.07. The highest BCUT2D eigenvalue weighted by molar-refractivity contribution is 4.76. The van der Waals surface area contributed by atoms with Gasteiger partial charge in [-0.1, -0.05) is 20.8 Å². The van der Waals surface area contributed by atoms with Crippen LogP contribution >= 0.6 is 0 Å². The topological polar surface area (TPSA) is 30.5 Å². The molecule has 0 aromatic carbocycles. The van der Waals surface area contributed by atoms with Crippen molar-refractivity contribution in [3.63, 3.8) is 0 Å². The third-order valence-electron chi connectivity index (χ3n) is 3.21. The summed E-state index contributed by atoms with van der Waals surface area (Å²) in [7, 11) is 1.65. The van der Waals surface area contributed by atoms with Crippen LogP contribution in [-0.4, -0.2) is 46.2 Å². The van der Waals surface area contributed by atoms with E-state index in [9.17, 15) is 13.2 Å². The van der Waals surface area contributed by atoms with Gasteiger partial charge in [0.1, 0.15) is 6.61 Å². The molecule has 0 saturated heterocycles. The van der Waals surface area contributed by atoms with E-state index >= 15 is 0 Å². The molecule has 0 spiro atoms. The van der Waals surface area contributed by atoms with Gasteiger partial charge in [-0.15, -0.1) is 0 Å². The lowest BCUT2D eigenvalue weighted by Gasteiger charge is -2.31. The number of halogens is 3. The van der Waals surface area contributed by atoms with Crippen LogP contribution < -0.4 is 5.32 Å². The third-order valence-corrected chi connectivity index (χ3v) is 3.21. The summed E-state index contributed by atoms with van der Waals surface area (Å²) >= 11 is 0. The van der Waals surface area contributed by atoms with Gasteiger partial charge < -0.3 is 14.8 Å². The zero-order valence-corrected chi connectivity index (χ0v) is 13.0. The lowest BCUT2D eigenvalue weighted by molar-refractivity contribution is -0.174. The molecule has 0 aromatic rings. The lowest BCUT2D eigenvalue weighted by Crippen LogP contribution is -2.33. The van der Waals surface area contributed by atoms with Gasteiger partial charge in [-0.2, -0.15) is 13.2 Å². The molecule has 0 amide bonds. The highest BCUT2D eigenvalue weighted by atomic mass is 19.4. The minimum absolute atomic E-state index is 0.115. The molecule has 0 saturated carbocycles. The molecule has 6 heteroatoms. The van der Waals surface area contributed by atoms with Gasteiger partial charge in [-0.3, -0.25) is 0 Å². The summed E-state index contributed by atoms with van der Waals surface area (Å²) in [5.74, 6) is 0.397. The molecule has 0 aliphatic heterocycles. The van der Waals surface area contributed by atoms with Crippen LogP contribution in [0.5, 0.6) is 0 Å². The Morgan fingerprint density at radius 1 is 1.10 bits per heavy atom. The summed E-state index contributed by atoms with van der Waals surface area (Å²) in [5, 5.41) is 3.31. The fourth-order valence-electron chi connectivity index (χ4n) is 1.91. The number of nitrogens with one attached hydrogen (secondary N) is 1. The van der Waals surface area contributed by atoms with E-state index in [2.05, 4.69) is 30.8 Å². The van der Waals surface area contributed by atoms with Crippen LogP contribution in [0.2, 0.25) is 0 Å². The molecule has 0 aliphatic rings. The van der Waals surface area contributed by atoms with Gasteiger partial charge in [-0.05, 0) is 30.7 Å². The Morgan fingerprint density at radius 2 is 1.75 bits per heavy atom. The molecule has 0 rings (SSSR count). The molecule has 0 aromatic heterocycles. The average molecular weight is 299 g/mol. The van der Waals surface area contributed by atoms with E-state index in [0.717, 1.165) is 19.5 Å². The number of hydrogen-bond acceptors (Lipinski definition) is 3. The maximum absolute atomic E-state index is 11.9. The monoisotopic (exact) mass is 299 g/mol. The lowest BCUT2D eigenvalue weighted by atomic mass is 9.78. The predicted molar refractivity (Wildman–Crippen MR) is 73.8 cm³/mol. The molecule has 0 fully saturated rings. The summed E-state index contributed by atoms with van der Waals surface area (Å²) in [4.78, 5) is 0. The van der Waals surface area contributed by atoms with Gasteiger partial charge in [0.25, 0.3) is 0 Å². The van der Waals surface area contributed by atoms with Crippen molar-refractivity contribution in [3.05, 3.63) is 0 Å². The first-order valence-electron chi connectivity index (χ1n) is 7.01. The SMILES string of the molecule is COCCNCC(CCCOCC(F)(F)F)C(C)(C)C. The van der Waals surface area contributed by atoms with Crippen LogP contribution in [0.25, 0.3) is 0 Å². The van der Waals surface area contributed by atoms with Gasteiger partial charge >= 0.3 is 6.18 Å². The molecule has 20 heavy (non-hydrogen) atoms. The average Bonchev–Trinajstić information content (AvgIpc) is 2.28. The summed E-state index contributed by atoms with van der Waals surface area (Å²) in [6, 6.07) is 0. The van der Waals surface area contributed by atoms with Crippen LogP contribution in [-0.2, 0) is 9.47 Å². The summed E-state index contributed by atoms with van der Waals surface area (Å²) in [6.07, 6.45) is -2.74. The Labute approximate surface area is 120 Å². The van der Waals surface area contributed by atoms with Crippen LogP contribution in [0, 0.1) is 11.3 Å². The Balaban J connectivity index is 3.88. The fraction of sp³-hybridized carbons (Fsp3) is 1.00. The van der Waals surface area contributed by atoms with Crippen molar-refractivity contribution in [1.82, 2.24) is 5.32 Å². The number of alkyl halides is 3. The van der Waals surface area contributed by atoms with E-state index in [0.29, 0.717) is 18.9 Å². The van der Waals surface area contributed by atoms with Crippen molar-refractivity contribution in [2.45, 2.75) is 39.8 Å². The van der Waals surface area contributed by atoms with Gasteiger partial charge in [0.15, 0.2) is 0 Å². The molecule has 1 unspecified atom stereocenters. The molecule has 0 aliphatic carbocycles. The standard InChI is InChI=1S/C14H28F3NO2/c1-13(2,3)12(10-18-7-9-19-4)6-5-8-20-11-14(15,16)17/h12,18H,5-11H2,1-4H3. The molecule has 0 radical (unpaired) electrons. The van der Waals surface area contributed by atoms with Crippen LogP contribution in [0.4, 0.5) is 13.2 Å². The van der Waals surface area contributed by atoms with E-state index in [1.165, 1.54) is 0 Å². The highest BCUT2D eigenvalue weighted by Crippen LogP contribution is 2.29. The Bertz CT molecular complexity index is 240. The van der Waals surface area contributed by atoms with Crippen molar-refractivity contribution in [1.29, 1.82) is 0 Å². The Morgan fingerprint density at radius 3 is 2.25 bits per heavy atom. The van der Waals surface area contributed by atoms with Crippen molar-refractivity contribution < 1.29 is 22.6 Å². The number of ether oxygens (including phenoxy) is 2. The number of hydrogen-bond donors (Lipinski definition) is 1. The van der Waals surface area contributed by atoms with Crippen molar-refractivity contribution in [3.8, 4) is 0 Å². The van der Waals surface area contributed by atoms with E-state index in [-0.39, 0.29) is 12.0 Å². The second kappa shape index (κ2) is 9.58. The van der Waals surface area contributed by atoms with Crippen LogP contribution in [0.15, 0.2) is 0 Å². The smallest absolute Gasteiger partial charge is 0.383 e. The first-order chi connectivity index (χ1) is 9.17. The summed E-state index contributed by atoms with van der Waals surface area (Å²) < 4.78 is 45.4. The molecule has 1 N–H and O–H groups in total. The van der Waals surface area contributed by atoms with Crippen LogP contribution in [0.1, 0.15) is 33.6 Å². The van der Waals surface area contributed by atoms with Crippen molar-refractivity contribution >= 4 is 0 Å². The van der Waals surface area contributed by atoms with E-state index in [1.807, 2.05) is 0 Å². The number of methoxy groups -OCH3 is 1. The Hall–Kier alpha value is -0.330. The maximum atomic E-state index is 11.9. The minimum atomic E-state index is -4.23. The van der Waals surface area contributed by atoms with Gasteiger partial charge in [0.05, 0.1) is 6.61 Å². The fourth-order valence-corrected chi connectivity index (χ4v) is 1.91. The maximum Gasteiger partial charge on any atom is 0.411 e. The molecular formula is C14H28F3NO2. The van der Waals surface area contributed by atoms with E-state index in [1.54, 1.807) is 7.11 Å². The number of rotatable bonds is 10. The van der Waals surface area contributed by atoms with Gasteiger partial charge in [0, 0.05) is 20.3 Å². The molecular weight excluding hydrogens is 271 g/mol. The first kappa shape index (κ1) is 19.7. The van der Waals surface area contributed by atoms with Crippen molar-refractivity contribution in [2.75, 3.05) is 40.0 Å². The highest BCUT2D eigenvalue weighted by Gasteiger charge is 2.27. The zero-order valence-electron chi connectivity index (χ0n) is 13.0. The quantitative estimate of drug-likeness (QED) is 0.628. The molecule has 122 valence electrons. The minimum Gasteiger partial charge on any atom is -0.383 e. The summed E-state index contributed by atoms with van der Waals surface area (Å²) in [5.41, 5.74) is 0.115. The van der Waals surface area contributed by atoms with Gasteiger partial charge in [-0.25, -0.2) is 0 Å². The van der Waals surface area contributed by atoms with E-state index in [4.69, 9.17) is 4.74 Å². The molecule has 0 heterocycles. The zero-order chi connectivity index (χ0) is 15.6. The van der Waals surface area contributed by atoms with E-state index < -0.39 is 12.8 Å². The molecule has 3 nitrogen and oxygen atoms in total. The van der Waals surface area contributed by atoms with Crippen molar-refractivity contribution in [2.24, 2.45) is 11.3 Å². The summed E-state index contributed by atoms with van der Waals surface area (Å²) in [6.45, 7) is 7.72. The van der Waals surface area contributed by atoms with Crippen LogP contribution in [0.3, 0.4) is 0 Å². The van der Waals surface area contributed by atoms with Gasteiger partial charge in [0.2, 0.25) is 0 Å². The second-order valence-corrected chi connectivity index (χ2v) is 6.07. The first-order valence-corrected chi connectivity index (χ1v) is 7.01. The normalized spacial score (nSPS) is 14.6. The predicted octanol–water partition coefficient (Wildman–Crippen LogP) is 3.24. The molecule has 1 atom stereocenters. The molecule has 0 bridgehead atoms. The third kappa shape index (κ3) is 11.5. The Kier molecular flexibility index (Phi) is 9.42. The largest absolute Gasteiger partial charge is 0.411 e.